The van der Waals surface area contributed by atoms with Gasteiger partial charge in [0.25, 0.3) is 0 Å². The predicted molar refractivity (Wildman–Crippen MR) is 80.1 cm³/mol. The summed E-state index contributed by atoms with van der Waals surface area (Å²) in [5, 5.41) is 4.45. The van der Waals surface area contributed by atoms with Crippen molar-refractivity contribution in [1.82, 2.24) is 14.8 Å². The minimum absolute atomic E-state index is 0.308. The van der Waals surface area contributed by atoms with Gasteiger partial charge >= 0.3 is 6.18 Å². The van der Waals surface area contributed by atoms with Crippen LogP contribution in [0.1, 0.15) is 36.9 Å². The molecule has 4 rings (SSSR count). The van der Waals surface area contributed by atoms with Crippen LogP contribution in [0.5, 0.6) is 0 Å². The van der Waals surface area contributed by atoms with Crippen LogP contribution in [-0.2, 0) is 17.5 Å². The van der Waals surface area contributed by atoms with Crippen LogP contribution < -0.4 is 0 Å². The van der Waals surface area contributed by atoms with E-state index in [0.29, 0.717) is 54.2 Å². The number of hydrogen-bond donors (Lipinski definition) is 0. The molecule has 2 atom stereocenters. The molecule has 0 aromatic carbocycles. The molecule has 2 heterocycles. The molecule has 24 heavy (non-hydrogen) atoms. The van der Waals surface area contributed by atoms with Gasteiger partial charge in [0, 0.05) is 49.0 Å². The van der Waals surface area contributed by atoms with Crippen LogP contribution in [-0.4, -0.2) is 20.5 Å². The second-order valence-corrected chi connectivity index (χ2v) is 6.53. The van der Waals surface area contributed by atoms with Crippen LogP contribution in [0.25, 0.3) is 11.3 Å². The van der Waals surface area contributed by atoms with Crippen molar-refractivity contribution in [2.45, 2.75) is 38.4 Å². The van der Waals surface area contributed by atoms with Crippen molar-refractivity contribution in [2.24, 2.45) is 11.8 Å². The number of nitrogens with zero attached hydrogens (tertiary/aromatic N) is 3. The summed E-state index contributed by atoms with van der Waals surface area (Å²) < 4.78 is 40.4. The molecule has 0 saturated heterocycles. The number of carbonyl (C=O) groups is 1. The van der Waals surface area contributed by atoms with Crippen molar-refractivity contribution in [2.75, 3.05) is 0 Å². The van der Waals surface area contributed by atoms with Gasteiger partial charge in [0.15, 0.2) is 0 Å². The fraction of sp³-hybridized carbons (Fsp3) is 0.471. The highest BCUT2D eigenvalue weighted by Crippen LogP contribution is 2.62. The van der Waals surface area contributed by atoms with E-state index in [1.165, 1.54) is 6.20 Å². The number of aryl methyl sites for hydroxylation is 1. The fourth-order valence-electron chi connectivity index (χ4n) is 3.88. The van der Waals surface area contributed by atoms with Gasteiger partial charge in [0.1, 0.15) is 5.78 Å². The maximum atomic E-state index is 12.9. The third kappa shape index (κ3) is 2.42. The summed E-state index contributed by atoms with van der Waals surface area (Å²) in [4.78, 5) is 15.1. The molecule has 0 bridgehead atoms. The number of rotatable bonds is 3. The molecule has 2 aromatic heterocycles. The molecular weight excluding hydrogens is 319 g/mol. The summed E-state index contributed by atoms with van der Waals surface area (Å²) in [5.41, 5.74) is 1.11. The normalized spacial score (nSPS) is 25.8. The van der Waals surface area contributed by atoms with E-state index in [4.69, 9.17) is 0 Å². The van der Waals surface area contributed by atoms with E-state index in [2.05, 4.69) is 10.1 Å². The lowest BCUT2D eigenvalue weighted by atomic mass is 10.1. The van der Waals surface area contributed by atoms with E-state index < -0.39 is 11.7 Å². The zero-order valence-electron chi connectivity index (χ0n) is 13.0. The molecule has 2 aliphatic rings. The summed E-state index contributed by atoms with van der Waals surface area (Å²) in [5.74, 6) is 1.38. The molecule has 0 amide bonds. The van der Waals surface area contributed by atoms with Crippen molar-refractivity contribution in [3.8, 4) is 11.3 Å². The van der Waals surface area contributed by atoms with E-state index in [1.807, 2.05) is 17.7 Å². The summed E-state index contributed by atoms with van der Waals surface area (Å²) in [6, 6.07) is 2.94. The molecule has 2 aliphatic carbocycles. The van der Waals surface area contributed by atoms with Gasteiger partial charge in [0.05, 0.1) is 11.3 Å². The Morgan fingerprint density at radius 1 is 1.21 bits per heavy atom. The molecule has 2 unspecified atom stereocenters. The molecule has 4 nitrogen and oxygen atoms in total. The SMILES string of the molecule is CCn1nc(-c2cncc(C(F)(F)F)c2)cc1C1C2CC(=O)CC21. The van der Waals surface area contributed by atoms with Gasteiger partial charge in [-0.1, -0.05) is 0 Å². The number of aromatic nitrogens is 3. The highest BCUT2D eigenvalue weighted by atomic mass is 19.4. The van der Waals surface area contributed by atoms with Crippen molar-refractivity contribution in [3.05, 3.63) is 35.8 Å². The number of halogens is 3. The van der Waals surface area contributed by atoms with Gasteiger partial charge in [-0.15, -0.1) is 0 Å². The second kappa shape index (κ2) is 5.16. The topological polar surface area (TPSA) is 47.8 Å². The number of hydrogen-bond acceptors (Lipinski definition) is 3. The first kappa shape index (κ1) is 15.4. The first-order valence-corrected chi connectivity index (χ1v) is 8.00. The molecule has 126 valence electrons. The molecule has 2 saturated carbocycles. The van der Waals surface area contributed by atoms with Crippen LogP contribution in [0, 0.1) is 11.8 Å². The van der Waals surface area contributed by atoms with E-state index >= 15 is 0 Å². The van der Waals surface area contributed by atoms with Gasteiger partial charge in [-0.2, -0.15) is 18.3 Å². The van der Waals surface area contributed by atoms with Crippen LogP contribution in [0.3, 0.4) is 0 Å². The van der Waals surface area contributed by atoms with E-state index in [1.54, 1.807) is 0 Å². The third-order valence-electron chi connectivity index (χ3n) is 5.07. The lowest BCUT2D eigenvalue weighted by Crippen LogP contribution is -2.06. The first-order valence-electron chi connectivity index (χ1n) is 8.00. The number of pyridine rings is 1. The number of ketones is 1. The first-order chi connectivity index (χ1) is 11.4. The van der Waals surface area contributed by atoms with Gasteiger partial charge in [-0.05, 0) is 30.9 Å². The lowest BCUT2D eigenvalue weighted by Gasteiger charge is -2.06. The Morgan fingerprint density at radius 2 is 1.92 bits per heavy atom. The Kier molecular flexibility index (Phi) is 3.30. The predicted octanol–water partition coefficient (Wildman–Crippen LogP) is 3.68. The highest BCUT2D eigenvalue weighted by Gasteiger charge is 2.57. The number of fused-ring (bicyclic) bond motifs is 1. The Hall–Kier alpha value is -2.18. The monoisotopic (exact) mass is 335 g/mol. The van der Waals surface area contributed by atoms with Gasteiger partial charge in [-0.3, -0.25) is 14.5 Å². The molecule has 7 heteroatoms. The second-order valence-electron chi connectivity index (χ2n) is 6.53. The van der Waals surface area contributed by atoms with Gasteiger partial charge in [-0.25, -0.2) is 0 Å². The van der Waals surface area contributed by atoms with E-state index in [9.17, 15) is 18.0 Å². The number of Topliss-reactive ketones (excluding diaryl/α,β-unsaturated/α-hetero) is 1. The van der Waals surface area contributed by atoms with Gasteiger partial charge in [0.2, 0.25) is 0 Å². The number of alkyl halides is 3. The van der Waals surface area contributed by atoms with Gasteiger partial charge < -0.3 is 0 Å². The smallest absolute Gasteiger partial charge is 0.300 e. The summed E-state index contributed by atoms with van der Waals surface area (Å²) in [6.45, 7) is 2.60. The summed E-state index contributed by atoms with van der Waals surface area (Å²) >= 11 is 0. The molecule has 0 spiro atoms. The van der Waals surface area contributed by atoms with Crippen molar-refractivity contribution < 1.29 is 18.0 Å². The van der Waals surface area contributed by atoms with Crippen molar-refractivity contribution >= 4 is 5.78 Å². The molecular formula is C17H16F3N3O. The Bertz CT molecular complexity index is 798. The zero-order valence-corrected chi connectivity index (χ0v) is 13.0. The Balaban J connectivity index is 1.67. The Labute approximate surface area is 136 Å². The zero-order chi connectivity index (χ0) is 17.1. The fourth-order valence-corrected chi connectivity index (χ4v) is 3.88. The van der Waals surface area contributed by atoms with Crippen LogP contribution in [0.4, 0.5) is 13.2 Å². The average molecular weight is 335 g/mol. The maximum Gasteiger partial charge on any atom is 0.417 e. The van der Waals surface area contributed by atoms with Crippen LogP contribution in [0.15, 0.2) is 24.5 Å². The average Bonchev–Trinajstić information content (AvgIpc) is 2.89. The van der Waals surface area contributed by atoms with Crippen molar-refractivity contribution in [1.29, 1.82) is 0 Å². The minimum atomic E-state index is -4.42. The van der Waals surface area contributed by atoms with Crippen LogP contribution in [0.2, 0.25) is 0 Å². The largest absolute Gasteiger partial charge is 0.417 e. The highest BCUT2D eigenvalue weighted by molar-refractivity contribution is 5.83. The third-order valence-corrected chi connectivity index (χ3v) is 5.07. The van der Waals surface area contributed by atoms with E-state index in [0.717, 1.165) is 18.0 Å². The molecule has 0 N–H and O–H groups in total. The quantitative estimate of drug-likeness (QED) is 0.860. The molecule has 2 aromatic rings. The van der Waals surface area contributed by atoms with Crippen LogP contribution >= 0.6 is 0 Å². The standard InChI is InChI=1S/C17H16F3N3O/c1-2-23-15(16-12-4-11(24)5-13(12)16)6-14(22-23)9-3-10(8-21-7-9)17(18,19)20/h3,6-8,12-13,16H,2,4-5H2,1H3. The molecule has 0 aliphatic heterocycles. The molecule has 2 fully saturated rings. The summed E-state index contributed by atoms with van der Waals surface area (Å²) in [6.07, 6.45) is -0.973. The minimum Gasteiger partial charge on any atom is -0.300 e. The van der Waals surface area contributed by atoms with E-state index in [-0.39, 0.29) is 0 Å². The molecule has 0 radical (unpaired) electrons. The van der Waals surface area contributed by atoms with Crippen molar-refractivity contribution in [3.63, 3.8) is 0 Å². The number of carbonyl (C=O) groups excluding carboxylic acids is 1. The maximum absolute atomic E-state index is 12.9. The lowest BCUT2D eigenvalue weighted by molar-refractivity contribution is -0.137. The Morgan fingerprint density at radius 3 is 2.54 bits per heavy atom. The summed E-state index contributed by atoms with van der Waals surface area (Å²) in [7, 11) is 0.